The molecule has 1 saturated heterocycles. The zero-order valence-corrected chi connectivity index (χ0v) is 22.3. The summed E-state index contributed by atoms with van der Waals surface area (Å²) in [6.07, 6.45) is 1.13. The summed E-state index contributed by atoms with van der Waals surface area (Å²) in [5.41, 5.74) is 1.85. The lowest BCUT2D eigenvalue weighted by Crippen LogP contribution is -2.46. The van der Waals surface area contributed by atoms with E-state index >= 15 is 0 Å². The molecule has 3 aromatic rings. The maximum atomic E-state index is 13.2. The Bertz CT molecular complexity index is 1300. The van der Waals surface area contributed by atoms with Crippen molar-refractivity contribution in [1.29, 1.82) is 0 Å². The fraction of sp³-hybridized carbons (Fsp3) is 0.280. The second-order valence-electron chi connectivity index (χ2n) is 8.22. The summed E-state index contributed by atoms with van der Waals surface area (Å²) in [5.74, 6) is 0.809. The molecule has 3 aromatic carbocycles. The molecule has 6 nitrogen and oxygen atoms in total. The average molecular weight is 556 g/mol. The number of sulfonamides is 1. The van der Waals surface area contributed by atoms with E-state index in [9.17, 15) is 8.42 Å². The van der Waals surface area contributed by atoms with E-state index < -0.39 is 10.0 Å². The number of anilines is 1. The van der Waals surface area contributed by atoms with Gasteiger partial charge in [0.15, 0.2) is 11.5 Å². The number of hydrogen-bond acceptors (Lipinski definition) is 5. The molecule has 1 aliphatic rings. The van der Waals surface area contributed by atoms with E-state index in [0.29, 0.717) is 46.0 Å². The molecule has 1 fully saturated rings. The van der Waals surface area contributed by atoms with E-state index in [1.54, 1.807) is 18.2 Å². The molecule has 186 valence electrons. The van der Waals surface area contributed by atoms with Crippen LogP contribution in [0.15, 0.2) is 65.6 Å². The van der Waals surface area contributed by atoms with Crippen molar-refractivity contribution >= 4 is 50.5 Å². The van der Waals surface area contributed by atoms with E-state index in [2.05, 4.69) is 9.62 Å². The van der Waals surface area contributed by atoms with Gasteiger partial charge in [0.1, 0.15) is 0 Å². The molecule has 0 spiro atoms. The lowest BCUT2D eigenvalue weighted by atomic mass is 9.91. The summed E-state index contributed by atoms with van der Waals surface area (Å²) in [6.45, 7) is 0.591. The van der Waals surface area contributed by atoms with Gasteiger partial charge < -0.3 is 14.4 Å². The average Bonchev–Trinajstić information content (AvgIpc) is 2.84. The standard InChI is InChI=1S/C25H25Cl3N2O4S/c1-33-24-10-8-20(15-25(24)34-2)35(31,32)29-19-11-12-30(22-9-7-18(27)13-21(22)28)23(14-19)16-3-5-17(26)6-4-16/h3-10,13,15,19,23,29H,11-12,14H2,1-2H3. The van der Waals surface area contributed by atoms with Crippen molar-refractivity contribution in [2.24, 2.45) is 0 Å². The van der Waals surface area contributed by atoms with Crippen LogP contribution in [0.1, 0.15) is 24.4 Å². The first kappa shape index (κ1) is 25.9. The molecule has 10 heteroatoms. The second kappa shape index (κ2) is 10.8. The van der Waals surface area contributed by atoms with Crippen LogP contribution in [0.25, 0.3) is 0 Å². The third-order valence-corrected chi connectivity index (χ3v) is 8.37. The summed E-state index contributed by atoms with van der Waals surface area (Å²) in [4.78, 5) is 2.30. The number of rotatable bonds is 7. The Balaban J connectivity index is 1.62. The lowest BCUT2D eigenvalue weighted by Gasteiger charge is -2.42. The third-order valence-electron chi connectivity index (χ3n) is 6.06. The molecule has 2 unspecified atom stereocenters. The number of nitrogens with zero attached hydrogens (tertiary/aromatic N) is 1. The molecule has 1 aliphatic heterocycles. The summed E-state index contributed by atoms with van der Waals surface area (Å²) < 4.78 is 39.8. The minimum absolute atomic E-state index is 0.112. The maximum absolute atomic E-state index is 13.2. The summed E-state index contributed by atoms with van der Waals surface area (Å²) >= 11 is 18.8. The van der Waals surface area contributed by atoms with Gasteiger partial charge in [-0.3, -0.25) is 0 Å². The largest absolute Gasteiger partial charge is 0.493 e. The van der Waals surface area contributed by atoms with E-state index in [1.807, 2.05) is 30.3 Å². The predicted molar refractivity (Wildman–Crippen MR) is 141 cm³/mol. The Hall–Kier alpha value is -2.16. The Morgan fingerprint density at radius 1 is 0.886 bits per heavy atom. The van der Waals surface area contributed by atoms with Gasteiger partial charge in [-0.25, -0.2) is 13.1 Å². The van der Waals surface area contributed by atoms with Gasteiger partial charge in [-0.15, -0.1) is 0 Å². The smallest absolute Gasteiger partial charge is 0.240 e. The van der Waals surface area contributed by atoms with Crippen LogP contribution in [0, 0.1) is 0 Å². The minimum atomic E-state index is -3.79. The van der Waals surface area contributed by atoms with Crippen molar-refractivity contribution < 1.29 is 17.9 Å². The number of nitrogens with one attached hydrogen (secondary N) is 1. The lowest BCUT2D eigenvalue weighted by molar-refractivity contribution is 0.353. The second-order valence-corrected chi connectivity index (χ2v) is 11.2. The molecule has 0 radical (unpaired) electrons. The number of ether oxygens (including phenoxy) is 2. The molecule has 0 amide bonds. The minimum Gasteiger partial charge on any atom is -0.493 e. The molecular weight excluding hydrogens is 531 g/mol. The maximum Gasteiger partial charge on any atom is 0.240 e. The molecule has 1 N–H and O–H groups in total. The van der Waals surface area contributed by atoms with Crippen LogP contribution in [0.2, 0.25) is 15.1 Å². The molecule has 0 bridgehead atoms. The highest BCUT2D eigenvalue weighted by Crippen LogP contribution is 2.40. The van der Waals surface area contributed by atoms with Gasteiger partial charge in [-0.1, -0.05) is 46.9 Å². The Labute approximate surface area is 220 Å². The van der Waals surface area contributed by atoms with Crippen LogP contribution in [0.4, 0.5) is 5.69 Å². The molecule has 2 atom stereocenters. The van der Waals surface area contributed by atoms with Crippen LogP contribution in [0.5, 0.6) is 11.5 Å². The summed E-state index contributed by atoms with van der Waals surface area (Å²) in [5, 5.41) is 1.73. The molecule has 35 heavy (non-hydrogen) atoms. The van der Waals surface area contributed by atoms with Gasteiger partial charge in [0.05, 0.1) is 35.9 Å². The van der Waals surface area contributed by atoms with E-state index in [-0.39, 0.29) is 17.0 Å². The quantitative estimate of drug-likeness (QED) is 0.368. The third kappa shape index (κ3) is 5.81. The number of halogens is 3. The van der Waals surface area contributed by atoms with Crippen molar-refractivity contribution in [2.45, 2.75) is 29.8 Å². The highest BCUT2D eigenvalue weighted by atomic mass is 35.5. The highest BCUT2D eigenvalue weighted by Gasteiger charge is 2.33. The monoisotopic (exact) mass is 554 g/mol. The van der Waals surface area contributed by atoms with E-state index in [1.165, 1.54) is 26.4 Å². The summed E-state index contributed by atoms with van der Waals surface area (Å²) in [7, 11) is -0.824. The van der Waals surface area contributed by atoms with Gasteiger partial charge in [0, 0.05) is 28.7 Å². The topological polar surface area (TPSA) is 67.9 Å². The normalized spacial score (nSPS) is 18.4. The van der Waals surface area contributed by atoms with Gasteiger partial charge in [-0.05, 0) is 60.9 Å². The fourth-order valence-corrected chi connectivity index (χ4v) is 6.29. The van der Waals surface area contributed by atoms with Gasteiger partial charge in [-0.2, -0.15) is 0 Å². The molecule has 4 rings (SSSR count). The Morgan fingerprint density at radius 2 is 1.57 bits per heavy atom. The zero-order valence-electron chi connectivity index (χ0n) is 19.2. The highest BCUT2D eigenvalue weighted by molar-refractivity contribution is 7.89. The van der Waals surface area contributed by atoms with Crippen LogP contribution < -0.4 is 19.1 Å². The number of hydrogen-bond donors (Lipinski definition) is 1. The van der Waals surface area contributed by atoms with Crippen LogP contribution in [-0.2, 0) is 10.0 Å². The van der Waals surface area contributed by atoms with Gasteiger partial charge in [0.2, 0.25) is 10.0 Å². The predicted octanol–water partition coefficient (Wildman–Crippen LogP) is 6.35. The molecule has 0 aromatic heterocycles. The van der Waals surface area contributed by atoms with Crippen LogP contribution in [-0.4, -0.2) is 35.2 Å². The van der Waals surface area contributed by atoms with Gasteiger partial charge in [0.25, 0.3) is 0 Å². The molecule has 0 saturated carbocycles. The number of piperidine rings is 1. The first-order valence-electron chi connectivity index (χ1n) is 10.9. The molecular formula is C25H25Cl3N2O4S. The van der Waals surface area contributed by atoms with Crippen molar-refractivity contribution in [3.63, 3.8) is 0 Å². The first-order valence-corrected chi connectivity index (χ1v) is 13.5. The molecule has 1 heterocycles. The van der Waals surface area contributed by atoms with Gasteiger partial charge >= 0.3 is 0 Å². The first-order chi connectivity index (χ1) is 16.7. The molecule has 0 aliphatic carbocycles. The van der Waals surface area contributed by atoms with Crippen molar-refractivity contribution in [1.82, 2.24) is 4.72 Å². The SMILES string of the molecule is COc1ccc(S(=O)(=O)NC2CCN(c3ccc(Cl)cc3Cl)C(c3ccc(Cl)cc3)C2)cc1OC. The number of methoxy groups -OCH3 is 2. The Kier molecular flexibility index (Phi) is 8.03. The van der Waals surface area contributed by atoms with Crippen LogP contribution in [0.3, 0.4) is 0 Å². The number of benzene rings is 3. The fourth-order valence-electron chi connectivity index (χ4n) is 4.35. The van der Waals surface area contributed by atoms with Crippen LogP contribution >= 0.6 is 34.8 Å². The van der Waals surface area contributed by atoms with Crippen molar-refractivity contribution in [3.8, 4) is 11.5 Å². The summed E-state index contributed by atoms with van der Waals surface area (Å²) in [6, 6.07) is 17.1. The van der Waals surface area contributed by atoms with E-state index in [4.69, 9.17) is 44.3 Å². The van der Waals surface area contributed by atoms with Crippen molar-refractivity contribution in [3.05, 3.63) is 81.3 Å². The van der Waals surface area contributed by atoms with Crippen molar-refractivity contribution in [2.75, 3.05) is 25.7 Å². The Morgan fingerprint density at radius 3 is 2.23 bits per heavy atom. The van der Waals surface area contributed by atoms with E-state index in [0.717, 1.165) is 11.3 Å². The zero-order chi connectivity index (χ0) is 25.2.